The van der Waals surface area contributed by atoms with Gasteiger partial charge in [-0.1, -0.05) is 0 Å². The van der Waals surface area contributed by atoms with Crippen molar-refractivity contribution in [3.05, 3.63) is 18.3 Å². The predicted octanol–water partition coefficient (Wildman–Crippen LogP) is 4.75. The van der Waals surface area contributed by atoms with Crippen LogP contribution in [0.3, 0.4) is 0 Å². The third kappa shape index (κ3) is 2.74. The van der Waals surface area contributed by atoms with Gasteiger partial charge in [-0.25, -0.2) is 0 Å². The van der Waals surface area contributed by atoms with Crippen molar-refractivity contribution in [3.63, 3.8) is 0 Å². The molecule has 0 spiro atoms. The number of hydrogen-bond acceptors (Lipinski definition) is 4. The molecule has 3 fully saturated rings. The number of hydrogen-bond donors (Lipinski definition) is 0. The van der Waals surface area contributed by atoms with Crippen LogP contribution in [0.4, 0.5) is 0 Å². The fourth-order valence-electron chi connectivity index (χ4n) is 6.31. The van der Waals surface area contributed by atoms with E-state index in [1.807, 2.05) is 18.3 Å². The molecule has 26 heavy (non-hydrogen) atoms. The topological polar surface area (TPSA) is 52.8 Å². The molecule has 3 saturated carbocycles. The van der Waals surface area contributed by atoms with Crippen molar-refractivity contribution < 1.29 is 4.62 Å². The van der Waals surface area contributed by atoms with Crippen LogP contribution in [0.1, 0.15) is 77.0 Å². The minimum absolute atomic E-state index is 0.802. The van der Waals surface area contributed by atoms with Gasteiger partial charge < -0.3 is 0 Å². The van der Waals surface area contributed by atoms with E-state index in [-0.39, 0.29) is 0 Å². The Labute approximate surface area is 156 Å². The number of rotatable bonds is 5. The van der Waals surface area contributed by atoms with Crippen LogP contribution in [0.25, 0.3) is 11.2 Å². The Morgan fingerprint density at radius 1 is 0.846 bits per heavy atom. The maximum atomic E-state index is 7.13. The zero-order valence-electron chi connectivity index (χ0n) is 15.6. The number of aromatic nitrogens is 4. The van der Waals surface area contributed by atoms with Crippen LogP contribution in [-0.2, 0) is 0 Å². The summed E-state index contributed by atoms with van der Waals surface area (Å²) in [6.07, 6.45) is 18.4. The third-order valence-electron chi connectivity index (χ3n) is 7.41. The van der Waals surface area contributed by atoms with E-state index in [0.29, 0.717) is 0 Å². The monoisotopic (exact) mass is 374 g/mol. The first kappa shape index (κ1) is 16.9. The van der Waals surface area contributed by atoms with Crippen molar-refractivity contribution >= 4 is 18.7 Å². The first-order valence-corrected chi connectivity index (χ1v) is 12.9. The summed E-state index contributed by atoms with van der Waals surface area (Å²) >= 11 is 0. The van der Waals surface area contributed by atoms with Crippen molar-refractivity contribution in [1.82, 2.24) is 20.1 Å². The first-order valence-electron chi connectivity index (χ1n) is 10.7. The molecule has 0 unspecified atom stereocenters. The molecule has 0 aliphatic heterocycles. The van der Waals surface area contributed by atoms with Gasteiger partial charge >= 0.3 is 156 Å². The van der Waals surface area contributed by atoms with Crippen LogP contribution in [0.15, 0.2) is 18.3 Å². The zero-order chi connectivity index (χ0) is 17.4. The molecule has 0 bridgehead atoms. The Bertz CT molecular complexity index is 704. The summed E-state index contributed by atoms with van der Waals surface area (Å²) in [5.74, 6) is 0. The van der Waals surface area contributed by atoms with Crippen molar-refractivity contribution in [2.45, 2.75) is 94.0 Å². The second-order valence-electron chi connectivity index (χ2n) is 8.70. The molecule has 3 aliphatic rings. The summed E-state index contributed by atoms with van der Waals surface area (Å²) in [5, 5.41) is 8.74. The van der Waals surface area contributed by atoms with Gasteiger partial charge in [-0.15, -0.1) is 0 Å². The molecule has 0 atom stereocenters. The van der Waals surface area contributed by atoms with E-state index >= 15 is 0 Å². The SMILES string of the molecule is c1cnc2c(c1)nnn2O[PH](C1CCCC1)(C1CCCC1)C1CCCC1. The minimum atomic E-state index is -2.00. The van der Waals surface area contributed by atoms with E-state index in [9.17, 15) is 0 Å². The van der Waals surface area contributed by atoms with Crippen molar-refractivity contribution in [1.29, 1.82) is 0 Å². The van der Waals surface area contributed by atoms with E-state index in [2.05, 4.69) is 15.3 Å². The molecule has 0 aromatic carbocycles. The zero-order valence-corrected chi connectivity index (χ0v) is 16.6. The van der Waals surface area contributed by atoms with Gasteiger partial charge in [0.05, 0.1) is 0 Å². The number of fused-ring (bicyclic) bond motifs is 1. The fraction of sp³-hybridized carbons (Fsp3) is 0.750. The van der Waals surface area contributed by atoms with Gasteiger partial charge in [0.15, 0.2) is 0 Å². The predicted molar refractivity (Wildman–Crippen MR) is 107 cm³/mol. The maximum absolute atomic E-state index is 7.13. The van der Waals surface area contributed by atoms with Gasteiger partial charge in [-0.2, -0.15) is 0 Å². The summed E-state index contributed by atoms with van der Waals surface area (Å²) in [6.45, 7) is 0. The average Bonchev–Trinajstić information content (AvgIpc) is 3.49. The molecular weight excluding hydrogens is 343 g/mol. The van der Waals surface area contributed by atoms with Gasteiger partial charge in [-0.3, -0.25) is 0 Å². The van der Waals surface area contributed by atoms with Gasteiger partial charge in [0, 0.05) is 0 Å². The van der Waals surface area contributed by atoms with Crippen LogP contribution < -0.4 is 4.62 Å². The van der Waals surface area contributed by atoms with Gasteiger partial charge in [-0.05, 0) is 0 Å². The molecule has 0 N–H and O–H groups in total. The van der Waals surface area contributed by atoms with Crippen molar-refractivity contribution in [3.8, 4) is 0 Å². The number of nitrogens with zero attached hydrogens (tertiary/aromatic N) is 4. The molecular formula is C20H31N4OP. The van der Waals surface area contributed by atoms with Gasteiger partial charge in [0.25, 0.3) is 0 Å². The van der Waals surface area contributed by atoms with E-state index in [1.165, 1.54) is 77.0 Å². The Morgan fingerprint density at radius 2 is 1.38 bits per heavy atom. The summed E-state index contributed by atoms with van der Waals surface area (Å²) in [5.41, 5.74) is 4.06. The molecule has 0 radical (unpaired) electrons. The Hall–Kier alpha value is -1.22. The molecule has 5 rings (SSSR count). The second-order valence-corrected chi connectivity index (χ2v) is 13.0. The standard InChI is InChI=1S/C20H31N4OP/c1-2-9-16(8-1)26(17-10-3-4-11-17,18-12-5-6-13-18)25-24-20-19(22-23-24)14-7-15-21-20/h7,14-18,26H,1-6,8-13H2. The van der Waals surface area contributed by atoms with Crippen LogP contribution in [0.2, 0.25) is 0 Å². The van der Waals surface area contributed by atoms with Crippen molar-refractivity contribution in [2.75, 3.05) is 0 Å². The number of pyridine rings is 1. The Kier molecular flexibility index (Phi) is 4.60. The van der Waals surface area contributed by atoms with Crippen LogP contribution >= 0.6 is 7.49 Å². The first-order chi connectivity index (χ1) is 12.9. The Balaban J connectivity index is 1.59. The summed E-state index contributed by atoms with van der Waals surface area (Å²) < 4.78 is 7.13. The molecule has 2 aromatic heterocycles. The molecule has 0 amide bonds. The summed E-state index contributed by atoms with van der Waals surface area (Å²) in [6, 6.07) is 3.91. The van der Waals surface area contributed by atoms with Crippen LogP contribution in [0, 0.1) is 0 Å². The van der Waals surface area contributed by atoms with Gasteiger partial charge in [0.1, 0.15) is 0 Å². The molecule has 142 valence electrons. The normalized spacial score (nSPS) is 24.0. The van der Waals surface area contributed by atoms with E-state index in [1.54, 1.807) is 4.85 Å². The summed E-state index contributed by atoms with van der Waals surface area (Å²) in [7, 11) is -2.00. The van der Waals surface area contributed by atoms with Crippen LogP contribution in [0.5, 0.6) is 0 Å². The second kappa shape index (κ2) is 7.07. The fourth-order valence-corrected chi connectivity index (χ4v) is 13.1. The molecule has 0 saturated heterocycles. The van der Waals surface area contributed by atoms with E-state index in [4.69, 9.17) is 4.62 Å². The molecule has 2 heterocycles. The average molecular weight is 374 g/mol. The van der Waals surface area contributed by atoms with Crippen LogP contribution in [-0.4, -0.2) is 37.1 Å². The Morgan fingerprint density at radius 3 is 1.92 bits per heavy atom. The molecule has 6 heteroatoms. The molecule has 3 aliphatic carbocycles. The molecule has 5 nitrogen and oxygen atoms in total. The van der Waals surface area contributed by atoms with Gasteiger partial charge in [0.2, 0.25) is 0 Å². The van der Waals surface area contributed by atoms with E-state index in [0.717, 1.165) is 28.1 Å². The van der Waals surface area contributed by atoms with E-state index < -0.39 is 7.49 Å². The van der Waals surface area contributed by atoms with Crippen molar-refractivity contribution in [2.24, 2.45) is 0 Å². The third-order valence-corrected chi connectivity index (χ3v) is 13.5. The summed E-state index contributed by atoms with van der Waals surface area (Å²) in [4.78, 5) is 6.29. The quantitative estimate of drug-likeness (QED) is 0.709. The molecule has 2 aromatic rings.